The molecule has 0 heterocycles. The molecule has 0 saturated heterocycles. The Labute approximate surface area is 139 Å². The zero-order valence-corrected chi connectivity index (χ0v) is 13.0. The average Bonchev–Trinajstić information content (AvgIpc) is 2.61. The number of nitro benzene ring substituents is 1. The predicted molar refractivity (Wildman–Crippen MR) is 88.2 cm³/mol. The highest BCUT2D eigenvalue weighted by Gasteiger charge is 2.14. The highest BCUT2D eigenvalue weighted by Crippen LogP contribution is 2.22. The van der Waals surface area contributed by atoms with Crippen LogP contribution in [0.4, 0.5) is 5.69 Å². The first-order valence-electron chi connectivity index (χ1n) is 7.34. The van der Waals surface area contributed by atoms with Gasteiger partial charge in [-0.25, -0.2) is 4.79 Å². The van der Waals surface area contributed by atoms with Crippen LogP contribution in [-0.4, -0.2) is 16.0 Å². The summed E-state index contributed by atoms with van der Waals surface area (Å²) in [6.45, 7) is 1.80. The second kappa shape index (κ2) is 8.03. The fourth-order valence-corrected chi connectivity index (χ4v) is 2.07. The third kappa shape index (κ3) is 4.50. The van der Waals surface area contributed by atoms with Gasteiger partial charge in [-0.2, -0.15) is 0 Å². The first kappa shape index (κ1) is 17.4. The van der Waals surface area contributed by atoms with Crippen LogP contribution in [0.1, 0.15) is 28.9 Å². The van der Waals surface area contributed by atoms with Gasteiger partial charge in [0.2, 0.25) is 0 Å². The lowest BCUT2D eigenvalue weighted by Crippen LogP contribution is -2.07. The molecule has 124 valence electrons. The maximum Gasteiger partial charge on any atom is 0.342 e. The minimum atomic E-state index is -0.708. The van der Waals surface area contributed by atoms with Crippen molar-refractivity contribution in [3.05, 3.63) is 88.2 Å². The normalized spacial score (nSPS) is 13.4. The number of non-ortho nitro benzene ring substituents is 1. The molecule has 1 N–H and O–H groups in total. The van der Waals surface area contributed by atoms with E-state index in [0.717, 1.165) is 5.56 Å². The first-order valence-corrected chi connectivity index (χ1v) is 7.34. The van der Waals surface area contributed by atoms with E-state index in [1.54, 1.807) is 13.0 Å². The van der Waals surface area contributed by atoms with Crippen molar-refractivity contribution in [2.45, 2.75) is 13.0 Å². The fraction of sp³-hybridized carbons (Fsp3) is 0.167. The summed E-state index contributed by atoms with van der Waals surface area (Å²) < 4.78 is 4.98. The van der Waals surface area contributed by atoms with Crippen molar-refractivity contribution in [3.63, 3.8) is 0 Å². The number of benzene rings is 2. The van der Waals surface area contributed by atoms with Crippen LogP contribution in [0.15, 0.2) is 66.9 Å². The molecule has 0 radical (unpaired) electrons. The van der Waals surface area contributed by atoms with E-state index in [2.05, 4.69) is 0 Å². The molecule has 2 atom stereocenters. The molecule has 6 nitrogen and oxygen atoms in total. The SMILES string of the molecule is C[C@@H](/C=C/OC(=O)c1ccc([N+](=O)[O-])cc1)[C@H](O)c1ccccc1. The van der Waals surface area contributed by atoms with Gasteiger partial charge in [0.25, 0.3) is 5.69 Å². The zero-order chi connectivity index (χ0) is 17.5. The summed E-state index contributed by atoms with van der Waals surface area (Å²) >= 11 is 0. The Kier molecular flexibility index (Phi) is 5.81. The van der Waals surface area contributed by atoms with Gasteiger partial charge in [-0.05, 0) is 23.8 Å². The van der Waals surface area contributed by atoms with E-state index >= 15 is 0 Å². The topological polar surface area (TPSA) is 89.7 Å². The molecule has 0 amide bonds. The van der Waals surface area contributed by atoms with Gasteiger partial charge in [0.05, 0.1) is 22.9 Å². The van der Waals surface area contributed by atoms with Crippen LogP contribution in [0.5, 0.6) is 0 Å². The Bertz CT molecular complexity index is 725. The molecule has 2 rings (SSSR count). The number of carbonyl (C=O) groups excluding carboxylic acids is 1. The van der Waals surface area contributed by atoms with Crippen LogP contribution in [0, 0.1) is 16.0 Å². The molecule has 0 bridgehead atoms. The zero-order valence-electron chi connectivity index (χ0n) is 13.0. The maximum absolute atomic E-state index is 11.8. The summed E-state index contributed by atoms with van der Waals surface area (Å²) in [5.74, 6) is -0.875. The van der Waals surface area contributed by atoms with Gasteiger partial charge in [0.1, 0.15) is 0 Å². The van der Waals surface area contributed by atoms with Gasteiger partial charge in [-0.15, -0.1) is 0 Å². The molecule has 6 heteroatoms. The van der Waals surface area contributed by atoms with Crippen molar-refractivity contribution >= 4 is 11.7 Å². The van der Waals surface area contributed by atoms with Crippen molar-refractivity contribution in [1.82, 2.24) is 0 Å². The molecule has 0 fully saturated rings. The van der Waals surface area contributed by atoms with Crippen molar-refractivity contribution in [2.24, 2.45) is 5.92 Å². The lowest BCUT2D eigenvalue weighted by atomic mass is 9.98. The van der Waals surface area contributed by atoms with E-state index in [1.807, 2.05) is 30.3 Å². The Morgan fingerprint density at radius 2 is 1.79 bits per heavy atom. The Hall–Kier alpha value is -2.99. The summed E-state index contributed by atoms with van der Waals surface area (Å²) in [7, 11) is 0. The molecule has 0 unspecified atom stereocenters. The van der Waals surface area contributed by atoms with Gasteiger partial charge in [0.15, 0.2) is 0 Å². The Balaban J connectivity index is 1.93. The summed E-state index contributed by atoms with van der Waals surface area (Å²) in [5, 5.41) is 20.8. The third-order valence-corrected chi connectivity index (χ3v) is 3.51. The maximum atomic E-state index is 11.8. The summed E-state index contributed by atoms with van der Waals surface area (Å²) in [6.07, 6.45) is 2.10. The highest BCUT2D eigenvalue weighted by molar-refractivity contribution is 5.90. The number of nitro groups is 1. The monoisotopic (exact) mass is 327 g/mol. The van der Waals surface area contributed by atoms with Gasteiger partial charge in [-0.3, -0.25) is 10.1 Å². The van der Waals surface area contributed by atoms with E-state index in [1.165, 1.54) is 30.5 Å². The number of aliphatic hydroxyl groups excluding tert-OH is 1. The van der Waals surface area contributed by atoms with E-state index in [0.29, 0.717) is 0 Å². The second-order valence-electron chi connectivity index (χ2n) is 5.25. The van der Waals surface area contributed by atoms with Crippen molar-refractivity contribution in [2.75, 3.05) is 0 Å². The first-order chi connectivity index (χ1) is 11.5. The molecule has 2 aromatic carbocycles. The van der Waals surface area contributed by atoms with Gasteiger partial charge in [0, 0.05) is 18.1 Å². The van der Waals surface area contributed by atoms with Crippen molar-refractivity contribution in [3.8, 4) is 0 Å². The number of aliphatic hydroxyl groups is 1. The van der Waals surface area contributed by atoms with Crippen LogP contribution < -0.4 is 0 Å². The van der Waals surface area contributed by atoms with Crippen molar-refractivity contribution in [1.29, 1.82) is 0 Å². The minimum Gasteiger partial charge on any atom is -0.431 e. The van der Waals surface area contributed by atoms with E-state index in [4.69, 9.17) is 4.74 Å². The largest absolute Gasteiger partial charge is 0.431 e. The number of hydrogen-bond acceptors (Lipinski definition) is 5. The molecule has 24 heavy (non-hydrogen) atoms. The van der Waals surface area contributed by atoms with Crippen LogP contribution in [0.25, 0.3) is 0 Å². The van der Waals surface area contributed by atoms with Crippen molar-refractivity contribution < 1.29 is 19.6 Å². The molecular weight excluding hydrogens is 310 g/mol. The molecular formula is C18H17NO5. The number of hydrogen-bond donors (Lipinski definition) is 1. The molecule has 2 aromatic rings. The summed E-state index contributed by atoms with van der Waals surface area (Å²) in [4.78, 5) is 21.9. The minimum absolute atomic E-state index is 0.0957. The van der Waals surface area contributed by atoms with E-state index in [-0.39, 0.29) is 17.2 Å². The predicted octanol–water partition coefficient (Wildman–Crippen LogP) is 3.64. The van der Waals surface area contributed by atoms with Gasteiger partial charge < -0.3 is 9.84 Å². The standard InChI is InChI=1S/C18H17NO5/c1-13(17(20)14-5-3-2-4-6-14)11-12-24-18(21)15-7-9-16(10-8-15)19(22)23/h2-13,17,20H,1H3/b12-11+/t13-,17-/m0/s1. The highest BCUT2D eigenvalue weighted by atomic mass is 16.6. The van der Waals surface area contributed by atoms with E-state index < -0.39 is 17.0 Å². The number of carbonyl (C=O) groups is 1. The lowest BCUT2D eigenvalue weighted by molar-refractivity contribution is -0.384. The third-order valence-electron chi connectivity index (χ3n) is 3.51. The van der Waals surface area contributed by atoms with E-state index in [9.17, 15) is 20.0 Å². The van der Waals surface area contributed by atoms with Crippen LogP contribution in [0.2, 0.25) is 0 Å². The number of esters is 1. The lowest BCUT2D eigenvalue weighted by Gasteiger charge is -2.15. The Morgan fingerprint density at radius 3 is 2.38 bits per heavy atom. The molecule has 0 aliphatic rings. The quantitative estimate of drug-likeness (QED) is 0.379. The van der Waals surface area contributed by atoms with Crippen LogP contribution >= 0.6 is 0 Å². The molecule has 0 aromatic heterocycles. The van der Waals surface area contributed by atoms with Crippen LogP contribution in [0.3, 0.4) is 0 Å². The molecule has 0 aliphatic heterocycles. The fourth-order valence-electron chi connectivity index (χ4n) is 2.07. The number of nitrogens with zero attached hydrogens (tertiary/aromatic N) is 1. The average molecular weight is 327 g/mol. The summed E-state index contributed by atoms with van der Waals surface area (Å²) in [6, 6.07) is 14.3. The summed E-state index contributed by atoms with van der Waals surface area (Å²) in [5.41, 5.74) is 0.888. The number of rotatable bonds is 6. The molecule has 0 spiro atoms. The molecule has 0 aliphatic carbocycles. The molecule has 0 saturated carbocycles. The van der Waals surface area contributed by atoms with Gasteiger partial charge in [-0.1, -0.05) is 37.3 Å². The second-order valence-corrected chi connectivity index (χ2v) is 5.25. The number of ether oxygens (including phenoxy) is 1. The smallest absolute Gasteiger partial charge is 0.342 e. The van der Waals surface area contributed by atoms with Gasteiger partial charge >= 0.3 is 5.97 Å². The Morgan fingerprint density at radius 1 is 1.17 bits per heavy atom. The van der Waals surface area contributed by atoms with Crippen LogP contribution in [-0.2, 0) is 4.74 Å².